The highest BCUT2D eigenvalue weighted by Gasteiger charge is 2.40. The van der Waals surface area contributed by atoms with E-state index in [9.17, 15) is 13.2 Å². The third-order valence-electron chi connectivity index (χ3n) is 4.30. The molecule has 2 aliphatic heterocycles. The first-order valence-corrected chi connectivity index (χ1v) is 7.03. The van der Waals surface area contributed by atoms with E-state index in [4.69, 9.17) is 0 Å². The Labute approximate surface area is 116 Å². The van der Waals surface area contributed by atoms with Crippen molar-refractivity contribution in [3.05, 3.63) is 17.2 Å². The maximum atomic E-state index is 13.2. The summed E-state index contributed by atoms with van der Waals surface area (Å²) in [7, 11) is 1.98. The van der Waals surface area contributed by atoms with Crippen molar-refractivity contribution < 1.29 is 13.2 Å². The standard InChI is InChI=1S/C13H19F3N4/c1-19-6-2-3-9(19)8-20-11-4-5-17-7-10(11)18-12(20)13(14,15)16/h9,17H,2-8H2,1H3. The summed E-state index contributed by atoms with van der Waals surface area (Å²) in [6.07, 6.45) is -1.75. The van der Waals surface area contributed by atoms with E-state index in [1.54, 1.807) is 0 Å². The molecule has 3 rings (SSSR count). The van der Waals surface area contributed by atoms with Crippen molar-refractivity contribution in [2.24, 2.45) is 0 Å². The van der Waals surface area contributed by atoms with Crippen molar-refractivity contribution in [2.45, 2.75) is 44.6 Å². The summed E-state index contributed by atoms with van der Waals surface area (Å²) in [5.74, 6) is -0.730. The quantitative estimate of drug-likeness (QED) is 0.898. The Kier molecular flexibility index (Phi) is 3.50. The molecule has 0 bridgehead atoms. The van der Waals surface area contributed by atoms with E-state index in [1.165, 1.54) is 4.57 Å². The number of likely N-dealkylation sites (N-methyl/N-ethyl adjacent to an activating group) is 1. The molecule has 3 heterocycles. The maximum Gasteiger partial charge on any atom is 0.449 e. The third-order valence-corrected chi connectivity index (χ3v) is 4.30. The summed E-state index contributed by atoms with van der Waals surface area (Å²) in [4.78, 5) is 5.99. The van der Waals surface area contributed by atoms with E-state index in [0.29, 0.717) is 25.2 Å². The minimum absolute atomic E-state index is 0.185. The number of nitrogens with zero attached hydrogens (tertiary/aromatic N) is 3. The molecular weight excluding hydrogens is 269 g/mol. The molecule has 20 heavy (non-hydrogen) atoms. The summed E-state index contributed by atoms with van der Waals surface area (Å²) in [6, 6.07) is 0.185. The Balaban J connectivity index is 1.96. The Bertz CT molecular complexity index is 495. The van der Waals surface area contributed by atoms with Gasteiger partial charge < -0.3 is 14.8 Å². The average Bonchev–Trinajstić information content (AvgIpc) is 2.95. The van der Waals surface area contributed by atoms with E-state index in [-0.39, 0.29) is 6.04 Å². The zero-order valence-electron chi connectivity index (χ0n) is 11.5. The van der Waals surface area contributed by atoms with Gasteiger partial charge in [0.25, 0.3) is 0 Å². The molecule has 2 aliphatic rings. The lowest BCUT2D eigenvalue weighted by atomic mass is 10.1. The van der Waals surface area contributed by atoms with Crippen LogP contribution in [0.5, 0.6) is 0 Å². The monoisotopic (exact) mass is 288 g/mol. The summed E-state index contributed by atoms with van der Waals surface area (Å²) < 4.78 is 41.0. The average molecular weight is 288 g/mol. The van der Waals surface area contributed by atoms with Crippen LogP contribution in [-0.4, -0.2) is 40.6 Å². The van der Waals surface area contributed by atoms with E-state index in [2.05, 4.69) is 15.2 Å². The molecule has 0 amide bonds. The highest BCUT2D eigenvalue weighted by molar-refractivity contribution is 5.22. The summed E-state index contributed by atoms with van der Waals surface area (Å²) >= 11 is 0. The van der Waals surface area contributed by atoms with Gasteiger partial charge in [-0.3, -0.25) is 0 Å². The molecule has 1 unspecified atom stereocenters. The molecular formula is C13H19F3N4. The zero-order valence-corrected chi connectivity index (χ0v) is 11.5. The summed E-state index contributed by atoms with van der Waals surface area (Å²) in [5.41, 5.74) is 1.32. The fourth-order valence-corrected chi connectivity index (χ4v) is 3.20. The fourth-order valence-electron chi connectivity index (χ4n) is 3.20. The van der Waals surface area contributed by atoms with E-state index in [0.717, 1.165) is 31.6 Å². The van der Waals surface area contributed by atoms with Gasteiger partial charge in [-0.1, -0.05) is 0 Å². The minimum atomic E-state index is -4.38. The van der Waals surface area contributed by atoms with Gasteiger partial charge in [-0.2, -0.15) is 13.2 Å². The van der Waals surface area contributed by atoms with Crippen LogP contribution in [0.3, 0.4) is 0 Å². The minimum Gasteiger partial charge on any atom is -0.323 e. The second-order valence-corrected chi connectivity index (χ2v) is 5.64. The van der Waals surface area contributed by atoms with Crippen LogP contribution < -0.4 is 5.32 Å². The zero-order chi connectivity index (χ0) is 14.3. The lowest BCUT2D eigenvalue weighted by molar-refractivity contribution is -0.147. The number of nitrogens with one attached hydrogen (secondary N) is 1. The van der Waals surface area contributed by atoms with Gasteiger partial charge in [0.1, 0.15) is 0 Å². The van der Waals surface area contributed by atoms with Gasteiger partial charge in [-0.05, 0) is 26.4 Å². The molecule has 112 valence electrons. The van der Waals surface area contributed by atoms with Crippen LogP contribution in [0.1, 0.15) is 30.1 Å². The molecule has 0 spiro atoms. The van der Waals surface area contributed by atoms with Gasteiger partial charge in [0.05, 0.1) is 5.69 Å². The van der Waals surface area contributed by atoms with Gasteiger partial charge in [0, 0.05) is 37.8 Å². The van der Waals surface area contributed by atoms with Crippen molar-refractivity contribution >= 4 is 0 Å². The van der Waals surface area contributed by atoms with Crippen molar-refractivity contribution in [3.63, 3.8) is 0 Å². The van der Waals surface area contributed by atoms with Crippen LogP contribution >= 0.6 is 0 Å². The van der Waals surface area contributed by atoms with Crippen LogP contribution in [-0.2, 0) is 25.7 Å². The number of hydrogen-bond acceptors (Lipinski definition) is 3. The number of alkyl halides is 3. The first-order chi connectivity index (χ1) is 9.47. The second-order valence-electron chi connectivity index (χ2n) is 5.64. The second kappa shape index (κ2) is 5.04. The molecule has 0 aliphatic carbocycles. The van der Waals surface area contributed by atoms with Gasteiger partial charge in [-0.15, -0.1) is 0 Å². The summed E-state index contributed by atoms with van der Waals surface area (Å²) in [5, 5.41) is 3.08. The lowest BCUT2D eigenvalue weighted by Gasteiger charge is -2.24. The molecule has 0 saturated carbocycles. The lowest BCUT2D eigenvalue weighted by Crippen LogP contribution is -2.33. The SMILES string of the molecule is CN1CCCC1Cn1c(C(F)(F)F)nc2c1CCNC2. The molecule has 1 atom stereocenters. The highest BCUT2D eigenvalue weighted by atomic mass is 19.4. The van der Waals surface area contributed by atoms with Gasteiger partial charge in [0.2, 0.25) is 5.82 Å². The molecule has 7 heteroatoms. The largest absolute Gasteiger partial charge is 0.449 e. The number of fused-ring (bicyclic) bond motifs is 1. The normalized spacial score (nSPS) is 24.1. The number of halogens is 3. The van der Waals surface area contributed by atoms with Crippen LogP contribution in [0.4, 0.5) is 13.2 Å². The van der Waals surface area contributed by atoms with Crippen LogP contribution in [0.25, 0.3) is 0 Å². The Morgan fingerprint density at radius 2 is 2.20 bits per heavy atom. The molecule has 1 aromatic rings. The molecule has 1 saturated heterocycles. The van der Waals surface area contributed by atoms with Crippen molar-refractivity contribution in [1.29, 1.82) is 0 Å². The topological polar surface area (TPSA) is 33.1 Å². The number of rotatable bonds is 2. The Morgan fingerprint density at radius 1 is 1.40 bits per heavy atom. The maximum absolute atomic E-state index is 13.2. The van der Waals surface area contributed by atoms with Crippen molar-refractivity contribution in [3.8, 4) is 0 Å². The smallest absolute Gasteiger partial charge is 0.323 e. The van der Waals surface area contributed by atoms with Crippen molar-refractivity contribution in [2.75, 3.05) is 20.1 Å². The number of aromatic nitrogens is 2. The number of likely N-dealkylation sites (tertiary alicyclic amines) is 1. The van der Waals surface area contributed by atoms with Crippen LogP contribution in [0, 0.1) is 0 Å². The number of imidazole rings is 1. The van der Waals surface area contributed by atoms with Crippen LogP contribution in [0.2, 0.25) is 0 Å². The highest BCUT2D eigenvalue weighted by Crippen LogP contribution is 2.32. The first kappa shape index (κ1) is 13.9. The summed E-state index contributed by atoms with van der Waals surface area (Å²) in [6.45, 7) is 2.51. The Morgan fingerprint density at radius 3 is 2.85 bits per heavy atom. The van der Waals surface area contributed by atoms with Crippen LogP contribution in [0.15, 0.2) is 0 Å². The van der Waals surface area contributed by atoms with Gasteiger partial charge in [0.15, 0.2) is 0 Å². The molecule has 4 nitrogen and oxygen atoms in total. The molecule has 1 aromatic heterocycles. The van der Waals surface area contributed by atoms with E-state index in [1.807, 2.05) is 7.05 Å². The van der Waals surface area contributed by atoms with E-state index >= 15 is 0 Å². The number of hydrogen-bond donors (Lipinski definition) is 1. The van der Waals surface area contributed by atoms with Gasteiger partial charge >= 0.3 is 6.18 Å². The Hall–Kier alpha value is -1.08. The van der Waals surface area contributed by atoms with Gasteiger partial charge in [-0.25, -0.2) is 4.98 Å². The fraction of sp³-hybridized carbons (Fsp3) is 0.769. The first-order valence-electron chi connectivity index (χ1n) is 7.03. The van der Waals surface area contributed by atoms with E-state index < -0.39 is 12.0 Å². The third kappa shape index (κ3) is 2.44. The predicted octanol–water partition coefficient (Wildman–Crippen LogP) is 1.64. The predicted molar refractivity (Wildman–Crippen MR) is 68.3 cm³/mol. The molecule has 0 aromatic carbocycles. The van der Waals surface area contributed by atoms with Crippen molar-refractivity contribution in [1.82, 2.24) is 19.8 Å². The molecule has 0 radical (unpaired) electrons. The molecule has 1 fully saturated rings. The molecule has 1 N–H and O–H groups in total.